The van der Waals surface area contributed by atoms with Crippen molar-refractivity contribution >= 4 is 32.5 Å². The monoisotopic (exact) mass is 311 g/mol. The molecule has 0 saturated carbocycles. The van der Waals surface area contributed by atoms with Crippen molar-refractivity contribution in [2.45, 2.75) is 26.7 Å². The van der Waals surface area contributed by atoms with Gasteiger partial charge in [0.25, 0.3) is 0 Å². The topological polar surface area (TPSA) is 50.9 Å². The summed E-state index contributed by atoms with van der Waals surface area (Å²) in [6.07, 6.45) is 0. The average molecular weight is 312 g/mol. The Morgan fingerprint density at radius 2 is 2.06 bits per heavy atom. The fourth-order valence-corrected chi connectivity index (χ4v) is 2.44. The summed E-state index contributed by atoms with van der Waals surface area (Å²) in [6, 6.07) is 3.33. The second kappa shape index (κ2) is 4.82. The highest BCUT2D eigenvalue weighted by Gasteiger charge is 2.15. The molecule has 0 bridgehead atoms. The number of anilines is 1. The first-order chi connectivity index (χ1) is 8.45. The van der Waals surface area contributed by atoms with Gasteiger partial charge in [-0.2, -0.15) is 0 Å². The van der Waals surface area contributed by atoms with E-state index in [-0.39, 0.29) is 11.7 Å². The number of hydrogen-bond donors (Lipinski definition) is 2. The Hall–Kier alpha value is -1.20. The van der Waals surface area contributed by atoms with Crippen LogP contribution in [0.5, 0.6) is 0 Å². The smallest absolute Gasteiger partial charge is 0.138 e. The van der Waals surface area contributed by atoms with E-state index in [0.29, 0.717) is 15.5 Å². The van der Waals surface area contributed by atoms with Crippen molar-refractivity contribution in [3.05, 3.63) is 33.7 Å². The maximum absolute atomic E-state index is 13.7. The fraction of sp³-hybridized carbons (Fsp3) is 0.308. The summed E-state index contributed by atoms with van der Waals surface area (Å²) in [7, 11) is 0. The normalized spacial score (nSPS) is 11.3. The number of nitrogen functional groups attached to an aromatic ring is 1. The zero-order chi connectivity index (χ0) is 13.4. The van der Waals surface area contributed by atoms with Crippen LogP contribution in [0.15, 0.2) is 16.6 Å². The molecule has 3 nitrogen and oxygen atoms in total. The van der Waals surface area contributed by atoms with Gasteiger partial charge in [0.05, 0.1) is 15.7 Å². The number of rotatable bonds is 2. The first-order valence-electron chi connectivity index (χ1n) is 5.71. The van der Waals surface area contributed by atoms with E-state index in [1.807, 2.05) is 13.0 Å². The zero-order valence-corrected chi connectivity index (χ0v) is 12.1. The molecule has 0 spiro atoms. The molecule has 0 fully saturated rings. The van der Waals surface area contributed by atoms with Crippen LogP contribution >= 0.6 is 15.9 Å². The van der Waals surface area contributed by atoms with Crippen LogP contribution in [0.4, 0.5) is 10.1 Å². The third kappa shape index (κ3) is 2.08. The highest BCUT2D eigenvalue weighted by molar-refractivity contribution is 9.10. The Bertz CT molecular complexity index is 611. The fourth-order valence-electron chi connectivity index (χ4n) is 1.92. The van der Waals surface area contributed by atoms with Crippen molar-refractivity contribution in [1.82, 2.24) is 4.98 Å². The van der Waals surface area contributed by atoms with E-state index in [2.05, 4.69) is 40.2 Å². The summed E-state index contributed by atoms with van der Waals surface area (Å²) < 4.78 is 14.1. The number of hydrazine groups is 1. The van der Waals surface area contributed by atoms with Gasteiger partial charge in [-0.15, -0.1) is 0 Å². The molecule has 5 heteroatoms. The molecule has 18 heavy (non-hydrogen) atoms. The van der Waals surface area contributed by atoms with Gasteiger partial charge in [0.15, 0.2) is 0 Å². The predicted molar refractivity (Wildman–Crippen MR) is 76.0 cm³/mol. The van der Waals surface area contributed by atoms with E-state index >= 15 is 0 Å². The summed E-state index contributed by atoms with van der Waals surface area (Å²) >= 11 is 3.26. The Morgan fingerprint density at radius 1 is 1.39 bits per heavy atom. The van der Waals surface area contributed by atoms with Crippen LogP contribution in [-0.4, -0.2) is 4.98 Å². The van der Waals surface area contributed by atoms with E-state index in [9.17, 15) is 4.39 Å². The lowest BCUT2D eigenvalue weighted by Gasteiger charge is -2.14. The Kier molecular flexibility index (Phi) is 3.54. The second-order valence-electron chi connectivity index (χ2n) is 4.61. The molecular weight excluding hydrogens is 297 g/mol. The van der Waals surface area contributed by atoms with Gasteiger partial charge in [-0.3, -0.25) is 10.8 Å². The van der Waals surface area contributed by atoms with Crippen molar-refractivity contribution in [3.8, 4) is 0 Å². The Labute approximate surface area is 114 Å². The molecule has 1 aromatic heterocycles. The Balaban J connectivity index is 2.91. The molecule has 0 atom stereocenters. The molecule has 0 saturated heterocycles. The Morgan fingerprint density at radius 3 is 2.61 bits per heavy atom. The van der Waals surface area contributed by atoms with Crippen molar-refractivity contribution in [2.75, 3.05) is 5.43 Å². The van der Waals surface area contributed by atoms with Crippen molar-refractivity contribution in [3.63, 3.8) is 0 Å². The molecule has 0 aliphatic rings. The first-order valence-corrected chi connectivity index (χ1v) is 6.50. The van der Waals surface area contributed by atoms with Gasteiger partial charge in [-0.05, 0) is 46.5 Å². The number of benzene rings is 1. The predicted octanol–water partition coefficient (Wildman–Crippen LogP) is 3.85. The second-order valence-corrected chi connectivity index (χ2v) is 5.40. The van der Waals surface area contributed by atoms with Crippen LogP contribution in [-0.2, 0) is 0 Å². The minimum Gasteiger partial charge on any atom is -0.323 e. The van der Waals surface area contributed by atoms with E-state index in [1.165, 1.54) is 6.07 Å². The number of nitrogens with one attached hydrogen (secondary N) is 1. The summed E-state index contributed by atoms with van der Waals surface area (Å²) in [5.41, 5.74) is 5.79. The number of hydrogen-bond acceptors (Lipinski definition) is 3. The van der Waals surface area contributed by atoms with Crippen LogP contribution in [0.3, 0.4) is 0 Å². The molecule has 0 amide bonds. The minimum absolute atomic E-state index is 0.282. The lowest BCUT2D eigenvalue weighted by Crippen LogP contribution is -2.09. The molecule has 96 valence electrons. The van der Waals surface area contributed by atoms with Crippen LogP contribution in [0.2, 0.25) is 0 Å². The zero-order valence-electron chi connectivity index (χ0n) is 10.5. The maximum Gasteiger partial charge on any atom is 0.138 e. The van der Waals surface area contributed by atoms with Gasteiger partial charge in [0.2, 0.25) is 0 Å². The number of pyridine rings is 1. The van der Waals surface area contributed by atoms with E-state index in [4.69, 9.17) is 5.84 Å². The van der Waals surface area contributed by atoms with Crippen LogP contribution in [0.1, 0.15) is 31.0 Å². The van der Waals surface area contributed by atoms with E-state index in [0.717, 1.165) is 16.8 Å². The largest absolute Gasteiger partial charge is 0.323 e. The maximum atomic E-state index is 13.7. The van der Waals surface area contributed by atoms with Gasteiger partial charge in [0.1, 0.15) is 5.82 Å². The number of halogens is 2. The SMILES string of the molecule is Cc1cc(F)c(Br)c2c(NN)cc(C(C)C)nc12. The molecule has 0 radical (unpaired) electrons. The molecule has 2 aromatic rings. The average Bonchev–Trinajstić information content (AvgIpc) is 2.34. The summed E-state index contributed by atoms with van der Waals surface area (Å²) in [5, 5.41) is 0.680. The minimum atomic E-state index is -0.310. The lowest BCUT2D eigenvalue weighted by atomic mass is 10.0. The van der Waals surface area contributed by atoms with Gasteiger partial charge in [0, 0.05) is 11.1 Å². The number of aromatic nitrogens is 1. The number of aryl methyl sites for hydroxylation is 1. The quantitative estimate of drug-likeness (QED) is 0.654. The highest BCUT2D eigenvalue weighted by atomic mass is 79.9. The third-order valence-corrected chi connectivity index (χ3v) is 3.71. The number of nitrogens with zero attached hydrogens (tertiary/aromatic N) is 1. The standard InChI is InChI=1S/C13H15BrFN3/c1-6(2)9-5-10(18-16)11-12(14)8(15)4-7(3)13(11)17-9/h4-6H,16H2,1-3H3,(H,17,18). The van der Waals surface area contributed by atoms with E-state index < -0.39 is 0 Å². The first kappa shape index (κ1) is 13.2. The molecule has 0 aliphatic heterocycles. The molecular formula is C13H15BrFN3. The van der Waals surface area contributed by atoms with Crippen LogP contribution < -0.4 is 11.3 Å². The van der Waals surface area contributed by atoms with Crippen molar-refractivity contribution in [2.24, 2.45) is 5.84 Å². The van der Waals surface area contributed by atoms with E-state index in [1.54, 1.807) is 0 Å². The van der Waals surface area contributed by atoms with Crippen LogP contribution in [0.25, 0.3) is 10.9 Å². The summed E-state index contributed by atoms with van der Waals surface area (Å²) in [4.78, 5) is 4.59. The van der Waals surface area contributed by atoms with Gasteiger partial charge < -0.3 is 5.43 Å². The third-order valence-electron chi connectivity index (χ3n) is 2.93. The van der Waals surface area contributed by atoms with Gasteiger partial charge in [-0.1, -0.05) is 13.8 Å². The van der Waals surface area contributed by atoms with Crippen molar-refractivity contribution < 1.29 is 4.39 Å². The molecule has 0 unspecified atom stereocenters. The summed E-state index contributed by atoms with van der Waals surface area (Å²) in [6.45, 7) is 5.96. The van der Waals surface area contributed by atoms with Crippen molar-refractivity contribution in [1.29, 1.82) is 0 Å². The van der Waals surface area contributed by atoms with Gasteiger partial charge >= 0.3 is 0 Å². The number of nitrogens with two attached hydrogens (primary N) is 1. The molecule has 1 heterocycles. The number of fused-ring (bicyclic) bond motifs is 1. The molecule has 3 N–H and O–H groups in total. The van der Waals surface area contributed by atoms with Crippen LogP contribution in [0, 0.1) is 12.7 Å². The molecule has 0 aliphatic carbocycles. The molecule has 1 aromatic carbocycles. The lowest BCUT2D eigenvalue weighted by molar-refractivity contribution is 0.622. The molecule has 2 rings (SSSR count). The highest BCUT2D eigenvalue weighted by Crippen LogP contribution is 2.35. The van der Waals surface area contributed by atoms with Gasteiger partial charge in [-0.25, -0.2) is 4.39 Å². The summed E-state index contributed by atoms with van der Waals surface area (Å²) in [5.74, 6) is 5.51.